The van der Waals surface area contributed by atoms with Crippen LogP contribution in [0.5, 0.6) is 0 Å². The molecule has 1 fully saturated rings. The molecule has 1 aliphatic rings. The van der Waals surface area contributed by atoms with Crippen LogP contribution in [0, 0.1) is 11.6 Å². The van der Waals surface area contributed by atoms with Crippen LogP contribution in [0.4, 0.5) is 8.78 Å². The Morgan fingerprint density at radius 1 is 1.08 bits per heavy atom. The number of hydrogen-bond acceptors (Lipinski definition) is 5. The first-order valence-corrected chi connectivity index (χ1v) is 13.9. The maximum absolute atomic E-state index is 13.8. The van der Waals surface area contributed by atoms with Crippen LogP contribution in [0.2, 0.25) is 0 Å². The quantitative estimate of drug-likeness (QED) is 0.341. The van der Waals surface area contributed by atoms with Crippen LogP contribution in [0.3, 0.4) is 0 Å². The van der Waals surface area contributed by atoms with Crippen molar-refractivity contribution in [3.05, 3.63) is 70.8 Å². The summed E-state index contributed by atoms with van der Waals surface area (Å²) in [6.07, 6.45) is 1.90. The van der Waals surface area contributed by atoms with E-state index in [0.29, 0.717) is 31.7 Å². The van der Waals surface area contributed by atoms with E-state index < -0.39 is 29.8 Å². The molecule has 1 aliphatic heterocycles. The summed E-state index contributed by atoms with van der Waals surface area (Å²) < 4.78 is 27.7. The number of hydrogen-bond donors (Lipinski definition) is 3. The van der Waals surface area contributed by atoms with Gasteiger partial charge in [-0.3, -0.25) is 14.5 Å². The Hall–Kier alpha value is -2.88. The molecule has 0 saturated carbocycles. The first-order valence-electron chi connectivity index (χ1n) is 13.9. The maximum atomic E-state index is 13.8. The van der Waals surface area contributed by atoms with E-state index in [0.717, 1.165) is 30.9 Å². The second-order valence-electron chi connectivity index (χ2n) is 10.4. The molecule has 3 rings (SSSR count). The lowest BCUT2D eigenvalue weighted by Crippen LogP contribution is -2.59. The molecule has 214 valence electrons. The lowest BCUT2D eigenvalue weighted by atomic mass is 10.00. The second-order valence-corrected chi connectivity index (χ2v) is 10.4. The number of amides is 2. The Bertz CT molecular complexity index is 1080. The summed E-state index contributed by atoms with van der Waals surface area (Å²) in [6.45, 7) is 8.51. The second kappa shape index (κ2) is 15.1. The number of carbonyl (C=O) groups excluding carboxylic acids is 2. The van der Waals surface area contributed by atoms with Crippen molar-refractivity contribution in [1.29, 1.82) is 0 Å². The number of piperazine rings is 1. The zero-order valence-corrected chi connectivity index (χ0v) is 23.3. The fourth-order valence-electron chi connectivity index (χ4n) is 4.93. The average molecular weight is 545 g/mol. The predicted molar refractivity (Wildman–Crippen MR) is 148 cm³/mol. The third kappa shape index (κ3) is 9.37. The number of aliphatic hydroxyl groups is 1. The highest BCUT2D eigenvalue weighted by Crippen LogP contribution is 2.14. The molecule has 1 heterocycles. The lowest BCUT2D eigenvalue weighted by molar-refractivity contribution is -0.142. The lowest BCUT2D eigenvalue weighted by Gasteiger charge is -2.39. The number of unbranched alkanes of at least 4 members (excludes halogenated alkanes) is 1. The van der Waals surface area contributed by atoms with Crippen molar-refractivity contribution in [3.63, 3.8) is 0 Å². The molecule has 0 aromatic heterocycles. The third-order valence-electron chi connectivity index (χ3n) is 7.27. The molecule has 0 spiro atoms. The zero-order valence-electron chi connectivity index (χ0n) is 23.3. The van der Waals surface area contributed by atoms with Gasteiger partial charge < -0.3 is 20.6 Å². The van der Waals surface area contributed by atoms with Crippen molar-refractivity contribution >= 4 is 11.8 Å². The van der Waals surface area contributed by atoms with Crippen LogP contribution >= 0.6 is 0 Å². The molecule has 39 heavy (non-hydrogen) atoms. The van der Waals surface area contributed by atoms with Gasteiger partial charge in [-0.2, -0.15) is 0 Å². The van der Waals surface area contributed by atoms with Gasteiger partial charge in [-0.15, -0.1) is 0 Å². The molecule has 1 saturated heterocycles. The maximum Gasteiger partial charge on any atom is 0.239 e. The summed E-state index contributed by atoms with van der Waals surface area (Å²) in [4.78, 5) is 29.5. The number of rotatable bonds is 14. The Kier molecular flexibility index (Phi) is 11.8. The number of nitrogens with zero attached hydrogens (tertiary/aromatic N) is 2. The molecule has 2 aromatic rings. The Morgan fingerprint density at radius 2 is 1.79 bits per heavy atom. The highest BCUT2D eigenvalue weighted by atomic mass is 19.1. The van der Waals surface area contributed by atoms with Crippen molar-refractivity contribution in [3.8, 4) is 0 Å². The standard InChI is InChI=1S/C30H42F2N4O3/c1-4-6-10-35-11-12-36(21(3)30(35)39)20-29(38)34-27(16-24-14-25(31)17-26(32)15-24)28(37)19-33-18-23-9-7-8-22(5-2)13-23/h7-9,13-15,17,21,27-28,33,37H,4-6,10-12,16,18-20H2,1-3H3,(H,34,38)/t21-,27-,28-/m0/s1. The van der Waals surface area contributed by atoms with Gasteiger partial charge in [-0.25, -0.2) is 8.78 Å². The minimum atomic E-state index is -1.01. The van der Waals surface area contributed by atoms with Gasteiger partial charge in [0.1, 0.15) is 11.6 Å². The number of aliphatic hydroxyl groups excluding tert-OH is 1. The van der Waals surface area contributed by atoms with E-state index in [4.69, 9.17) is 0 Å². The van der Waals surface area contributed by atoms with Gasteiger partial charge in [-0.05, 0) is 55.0 Å². The van der Waals surface area contributed by atoms with Crippen LogP contribution in [0.25, 0.3) is 0 Å². The van der Waals surface area contributed by atoms with Gasteiger partial charge in [0.2, 0.25) is 11.8 Å². The molecule has 0 radical (unpaired) electrons. The van der Waals surface area contributed by atoms with Crippen molar-refractivity contribution in [2.24, 2.45) is 0 Å². The van der Waals surface area contributed by atoms with Crippen molar-refractivity contribution < 1.29 is 23.5 Å². The molecule has 3 N–H and O–H groups in total. The molecule has 0 unspecified atom stereocenters. The van der Waals surface area contributed by atoms with E-state index in [-0.39, 0.29) is 31.3 Å². The molecule has 7 nitrogen and oxygen atoms in total. The van der Waals surface area contributed by atoms with Gasteiger partial charge in [0.15, 0.2) is 0 Å². The molecule has 9 heteroatoms. The average Bonchev–Trinajstić information content (AvgIpc) is 2.90. The van der Waals surface area contributed by atoms with E-state index in [1.807, 2.05) is 21.9 Å². The molecular weight excluding hydrogens is 502 g/mol. The topological polar surface area (TPSA) is 84.9 Å². The summed E-state index contributed by atoms with van der Waals surface area (Å²) in [5, 5.41) is 17.1. The Labute approximate surface area is 230 Å². The van der Waals surface area contributed by atoms with Crippen molar-refractivity contribution in [1.82, 2.24) is 20.4 Å². The SMILES string of the molecule is CCCCN1CCN(CC(=O)N[C@@H](Cc2cc(F)cc(F)c2)[C@@H](O)CNCc2cccc(CC)c2)[C@@H](C)C1=O. The summed E-state index contributed by atoms with van der Waals surface area (Å²) in [5.74, 6) is -1.78. The monoisotopic (exact) mass is 544 g/mol. The zero-order chi connectivity index (χ0) is 28.4. The third-order valence-corrected chi connectivity index (χ3v) is 7.27. The minimum Gasteiger partial charge on any atom is -0.390 e. The highest BCUT2D eigenvalue weighted by Gasteiger charge is 2.32. The molecule has 0 bridgehead atoms. The van der Waals surface area contributed by atoms with E-state index in [1.165, 1.54) is 17.7 Å². The number of halogens is 2. The van der Waals surface area contributed by atoms with Gasteiger partial charge >= 0.3 is 0 Å². The Morgan fingerprint density at radius 3 is 2.49 bits per heavy atom. The van der Waals surface area contributed by atoms with E-state index in [9.17, 15) is 23.5 Å². The molecule has 0 aliphatic carbocycles. The van der Waals surface area contributed by atoms with Gasteiger partial charge in [-0.1, -0.05) is 44.5 Å². The van der Waals surface area contributed by atoms with Crippen LogP contribution < -0.4 is 10.6 Å². The van der Waals surface area contributed by atoms with E-state index in [1.54, 1.807) is 6.92 Å². The Balaban J connectivity index is 1.63. The molecule has 2 amide bonds. The largest absolute Gasteiger partial charge is 0.390 e. The number of aryl methyl sites for hydroxylation is 1. The number of nitrogens with one attached hydrogen (secondary N) is 2. The van der Waals surface area contributed by atoms with E-state index >= 15 is 0 Å². The van der Waals surface area contributed by atoms with Crippen molar-refractivity contribution in [2.75, 3.05) is 32.7 Å². The smallest absolute Gasteiger partial charge is 0.239 e. The summed E-state index contributed by atoms with van der Waals surface area (Å²) in [5.41, 5.74) is 2.62. The fraction of sp³-hybridized carbons (Fsp3) is 0.533. The van der Waals surface area contributed by atoms with Gasteiger partial charge in [0.05, 0.1) is 24.7 Å². The van der Waals surface area contributed by atoms with Crippen molar-refractivity contribution in [2.45, 2.75) is 71.2 Å². The highest BCUT2D eigenvalue weighted by molar-refractivity contribution is 5.84. The summed E-state index contributed by atoms with van der Waals surface area (Å²) >= 11 is 0. The summed E-state index contributed by atoms with van der Waals surface area (Å²) in [6, 6.07) is 10.1. The fourth-order valence-corrected chi connectivity index (χ4v) is 4.93. The number of benzene rings is 2. The van der Waals surface area contributed by atoms with Crippen LogP contribution in [0.1, 0.15) is 50.3 Å². The number of carbonyl (C=O) groups is 2. The first kappa shape index (κ1) is 30.7. The predicted octanol–water partition coefficient (Wildman–Crippen LogP) is 3.04. The summed E-state index contributed by atoms with van der Waals surface area (Å²) in [7, 11) is 0. The van der Waals surface area contributed by atoms with Crippen LogP contribution in [-0.2, 0) is 29.0 Å². The molecular formula is C30H42F2N4O3. The normalized spacial score (nSPS) is 17.7. The van der Waals surface area contributed by atoms with Gasteiger partial charge in [0.25, 0.3) is 0 Å². The van der Waals surface area contributed by atoms with Crippen LogP contribution in [0.15, 0.2) is 42.5 Å². The minimum absolute atomic E-state index is 0.00524. The van der Waals surface area contributed by atoms with E-state index in [2.05, 4.69) is 36.6 Å². The first-order chi connectivity index (χ1) is 18.7. The van der Waals surface area contributed by atoms with Crippen LogP contribution in [-0.4, -0.2) is 77.6 Å². The van der Waals surface area contributed by atoms with Gasteiger partial charge in [0, 0.05) is 38.8 Å². The molecule has 3 atom stereocenters. The molecule has 2 aromatic carbocycles.